The summed E-state index contributed by atoms with van der Waals surface area (Å²) in [4.78, 5) is 23.3. The van der Waals surface area contributed by atoms with Crippen molar-refractivity contribution < 1.29 is 4.79 Å². The number of hydrogen-bond donors (Lipinski definition) is 0. The van der Waals surface area contributed by atoms with Gasteiger partial charge in [0, 0.05) is 24.7 Å². The molecule has 0 N–H and O–H groups in total. The van der Waals surface area contributed by atoms with Gasteiger partial charge in [-0.05, 0) is 57.7 Å². The third-order valence-electron chi connectivity index (χ3n) is 6.14. The summed E-state index contributed by atoms with van der Waals surface area (Å²) in [7, 11) is 0. The van der Waals surface area contributed by atoms with Crippen LogP contribution >= 0.6 is 11.3 Å². The van der Waals surface area contributed by atoms with E-state index in [-0.39, 0.29) is 5.91 Å². The number of amides is 1. The van der Waals surface area contributed by atoms with Crippen molar-refractivity contribution in [3.05, 3.63) is 40.4 Å². The summed E-state index contributed by atoms with van der Waals surface area (Å²) in [6.45, 7) is 8.40. The van der Waals surface area contributed by atoms with Crippen LogP contribution in [-0.2, 0) is 6.42 Å². The van der Waals surface area contributed by atoms with Crippen LogP contribution in [0.3, 0.4) is 0 Å². The Labute approximate surface area is 172 Å². The van der Waals surface area contributed by atoms with Crippen molar-refractivity contribution in [1.82, 2.24) is 14.8 Å². The summed E-state index contributed by atoms with van der Waals surface area (Å²) in [5.74, 6) is 0.170. The van der Waals surface area contributed by atoms with Crippen LogP contribution in [0.15, 0.2) is 24.3 Å². The molecule has 2 saturated heterocycles. The van der Waals surface area contributed by atoms with E-state index in [1.54, 1.807) is 11.3 Å². The molecular formula is C23H31N3OS. The highest BCUT2D eigenvalue weighted by Gasteiger charge is 2.30. The van der Waals surface area contributed by atoms with Gasteiger partial charge in [0.1, 0.15) is 9.88 Å². The first-order chi connectivity index (χ1) is 13.7. The summed E-state index contributed by atoms with van der Waals surface area (Å²) < 4.78 is 0. The molecule has 4 nitrogen and oxygen atoms in total. The van der Waals surface area contributed by atoms with Crippen molar-refractivity contribution in [3.63, 3.8) is 0 Å². The van der Waals surface area contributed by atoms with Crippen LogP contribution in [-0.4, -0.2) is 52.9 Å². The normalized spacial score (nSPS) is 18.7. The molecule has 1 aromatic carbocycles. The van der Waals surface area contributed by atoms with E-state index in [1.807, 2.05) is 11.8 Å². The fourth-order valence-corrected chi connectivity index (χ4v) is 5.55. The number of thiazole rings is 1. The molecule has 2 aliphatic rings. The molecule has 28 heavy (non-hydrogen) atoms. The number of hydrogen-bond acceptors (Lipinski definition) is 4. The van der Waals surface area contributed by atoms with E-state index in [4.69, 9.17) is 4.98 Å². The largest absolute Gasteiger partial charge is 0.338 e. The lowest BCUT2D eigenvalue weighted by Crippen LogP contribution is -2.45. The highest BCUT2D eigenvalue weighted by atomic mass is 32.1. The van der Waals surface area contributed by atoms with Gasteiger partial charge >= 0.3 is 0 Å². The van der Waals surface area contributed by atoms with Gasteiger partial charge < -0.3 is 9.80 Å². The maximum atomic E-state index is 13.1. The Morgan fingerprint density at radius 3 is 2.43 bits per heavy atom. The van der Waals surface area contributed by atoms with E-state index in [9.17, 15) is 4.79 Å². The topological polar surface area (TPSA) is 36.4 Å². The number of nitrogens with zero attached hydrogens (tertiary/aromatic N) is 3. The molecule has 0 saturated carbocycles. The fourth-order valence-electron chi connectivity index (χ4n) is 4.51. The maximum Gasteiger partial charge on any atom is 0.265 e. The monoisotopic (exact) mass is 397 g/mol. The van der Waals surface area contributed by atoms with Crippen molar-refractivity contribution in [1.29, 1.82) is 0 Å². The van der Waals surface area contributed by atoms with E-state index in [1.165, 1.54) is 31.5 Å². The van der Waals surface area contributed by atoms with Crippen molar-refractivity contribution in [3.8, 4) is 10.6 Å². The highest BCUT2D eigenvalue weighted by molar-refractivity contribution is 7.17. The molecule has 2 aliphatic heterocycles. The van der Waals surface area contributed by atoms with Crippen molar-refractivity contribution >= 4 is 17.2 Å². The van der Waals surface area contributed by atoms with Crippen LogP contribution in [0.4, 0.5) is 0 Å². The summed E-state index contributed by atoms with van der Waals surface area (Å²) in [5, 5.41) is 0.954. The number of rotatable bonds is 5. The number of aryl methyl sites for hydroxylation is 2. The molecule has 3 heterocycles. The van der Waals surface area contributed by atoms with Gasteiger partial charge in [0.2, 0.25) is 0 Å². The summed E-state index contributed by atoms with van der Waals surface area (Å²) in [5.41, 5.74) is 3.33. The minimum Gasteiger partial charge on any atom is -0.338 e. The lowest BCUT2D eigenvalue weighted by molar-refractivity contribution is 0.0648. The van der Waals surface area contributed by atoms with E-state index >= 15 is 0 Å². The predicted octanol–water partition coefficient (Wildman–Crippen LogP) is 4.77. The zero-order valence-corrected chi connectivity index (χ0v) is 17.9. The molecule has 0 bridgehead atoms. The Kier molecular flexibility index (Phi) is 6.12. The molecule has 150 valence electrons. The summed E-state index contributed by atoms with van der Waals surface area (Å²) in [6.07, 6.45) is 7.14. The molecule has 2 aromatic rings. The van der Waals surface area contributed by atoms with Gasteiger partial charge in [-0.2, -0.15) is 0 Å². The minimum atomic E-state index is 0.170. The van der Waals surface area contributed by atoms with Gasteiger partial charge in [0.25, 0.3) is 5.91 Å². The third kappa shape index (κ3) is 4.15. The standard InChI is InChI=1S/C23H31N3OS/c1-3-6-18-7-9-19(10-8-18)22-24-17(2)21(28-22)23(27)26-15-11-20(12-16-26)25-13-4-5-14-25/h7-10,20H,3-6,11-16H2,1-2H3. The first-order valence-corrected chi connectivity index (χ1v) is 11.6. The minimum absolute atomic E-state index is 0.170. The number of benzene rings is 1. The van der Waals surface area contributed by atoms with Gasteiger partial charge in [-0.25, -0.2) is 4.98 Å². The number of carbonyl (C=O) groups excluding carboxylic acids is 1. The van der Waals surface area contributed by atoms with Gasteiger partial charge in [0.05, 0.1) is 5.69 Å². The molecule has 4 rings (SSSR count). The van der Waals surface area contributed by atoms with Gasteiger partial charge in [-0.1, -0.05) is 37.6 Å². The Hall–Kier alpha value is -1.72. The molecule has 0 spiro atoms. The molecule has 2 fully saturated rings. The van der Waals surface area contributed by atoms with Crippen molar-refractivity contribution in [2.45, 2.75) is 58.4 Å². The predicted molar refractivity (Wildman–Crippen MR) is 116 cm³/mol. The van der Waals surface area contributed by atoms with Gasteiger partial charge in [0.15, 0.2) is 0 Å². The Morgan fingerprint density at radius 1 is 1.11 bits per heavy atom. The van der Waals surface area contributed by atoms with Gasteiger partial charge in [-0.15, -0.1) is 11.3 Å². The second-order valence-corrected chi connectivity index (χ2v) is 9.15. The van der Waals surface area contributed by atoms with Crippen LogP contribution in [0, 0.1) is 6.92 Å². The number of aromatic nitrogens is 1. The van der Waals surface area contributed by atoms with Crippen LogP contribution in [0.5, 0.6) is 0 Å². The maximum absolute atomic E-state index is 13.1. The second-order valence-electron chi connectivity index (χ2n) is 8.15. The lowest BCUT2D eigenvalue weighted by Gasteiger charge is -2.36. The van der Waals surface area contributed by atoms with E-state index in [2.05, 4.69) is 36.1 Å². The van der Waals surface area contributed by atoms with E-state index < -0.39 is 0 Å². The zero-order valence-electron chi connectivity index (χ0n) is 17.1. The highest BCUT2D eigenvalue weighted by Crippen LogP contribution is 2.30. The Balaban J connectivity index is 1.42. The fraction of sp³-hybridized carbons (Fsp3) is 0.565. The number of carbonyl (C=O) groups is 1. The summed E-state index contributed by atoms with van der Waals surface area (Å²) in [6, 6.07) is 9.31. The quantitative estimate of drug-likeness (QED) is 0.729. The van der Waals surface area contributed by atoms with Crippen LogP contribution in [0.2, 0.25) is 0 Å². The van der Waals surface area contributed by atoms with Gasteiger partial charge in [-0.3, -0.25) is 4.79 Å². The smallest absolute Gasteiger partial charge is 0.265 e. The average Bonchev–Trinajstić information content (AvgIpc) is 3.39. The SMILES string of the molecule is CCCc1ccc(-c2nc(C)c(C(=O)N3CCC(N4CCCC4)CC3)s2)cc1. The molecule has 5 heteroatoms. The first kappa shape index (κ1) is 19.6. The second kappa shape index (κ2) is 8.75. The Morgan fingerprint density at radius 2 is 1.79 bits per heavy atom. The number of piperidine rings is 1. The molecule has 0 aliphatic carbocycles. The molecule has 1 aromatic heterocycles. The van der Waals surface area contributed by atoms with Crippen LogP contribution < -0.4 is 0 Å². The number of likely N-dealkylation sites (tertiary alicyclic amines) is 2. The van der Waals surface area contributed by atoms with E-state index in [0.717, 1.165) is 59.9 Å². The summed E-state index contributed by atoms with van der Waals surface area (Å²) >= 11 is 1.55. The lowest BCUT2D eigenvalue weighted by atomic mass is 10.0. The van der Waals surface area contributed by atoms with Crippen molar-refractivity contribution in [2.24, 2.45) is 0 Å². The van der Waals surface area contributed by atoms with Crippen LogP contribution in [0.1, 0.15) is 60.0 Å². The molecule has 1 amide bonds. The molecule has 0 atom stereocenters. The molecular weight excluding hydrogens is 366 g/mol. The molecule has 0 radical (unpaired) electrons. The first-order valence-electron chi connectivity index (χ1n) is 10.8. The molecule has 0 unspecified atom stereocenters. The van der Waals surface area contributed by atoms with Crippen LogP contribution in [0.25, 0.3) is 10.6 Å². The van der Waals surface area contributed by atoms with Crippen molar-refractivity contribution in [2.75, 3.05) is 26.2 Å². The van der Waals surface area contributed by atoms with E-state index in [0.29, 0.717) is 6.04 Å². The third-order valence-corrected chi connectivity index (χ3v) is 7.33. The zero-order chi connectivity index (χ0) is 19.5. The average molecular weight is 398 g/mol. The Bertz CT molecular complexity index is 800.